The lowest BCUT2D eigenvalue weighted by Crippen LogP contribution is -1.85. The lowest BCUT2D eigenvalue weighted by atomic mass is 10.0. The van der Waals surface area contributed by atoms with Gasteiger partial charge in [-0.25, -0.2) is 0 Å². The van der Waals surface area contributed by atoms with E-state index in [-0.39, 0.29) is 0 Å². The van der Waals surface area contributed by atoms with Crippen LogP contribution in [0, 0.1) is 0 Å². The first kappa shape index (κ1) is 12.4. The molecule has 0 radical (unpaired) electrons. The summed E-state index contributed by atoms with van der Waals surface area (Å²) in [5.74, 6) is 0. The van der Waals surface area contributed by atoms with E-state index in [2.05, 4.69) is 47.5 Å². The molecule has 3 rings (SSSR count). The van der Waals surface area contributed by atoms with Crippen molar-refractivity contribution in [1.82, 2.24) is 4.98 Å². The average Bonchev–Trinajstić information content (AvgIpc) is 2.47. The van der Waals surface area contributed by atoms with Gasteiger partial charge in [-0.3, -0.25) is 4.98 Å². The second-order valence-corrected chi connectivity index (χ2v) is 4.55. The highest BCUT2D eigenvalue weighted by atomic mass is 14.6. The zero-order valence-corrected chi connectivity index (χ0v) is 11.1. The van der Waals surface area contributed by atoms with Crippen molar-refractivity contribution in [3.8, 4) is 0 Å². The molecule has 2 aromatic rings. The van der Waals surface area contributed by atoms with Crippen LogP contribution in [-0.2, 0) is 0 Å². The van der Waals surface area contributed by atoms with Gasteiger partial charge in [-0.15, -0.1) is 0 Å². The van der Waals surface area contributed by atoms with Crippen LogP contribution in [0.2, 0.25) is 0 Å². The van der Waals surface area contributed by atoms with E-state index < -0.39 is 0 Å². The van der Waals surface area contributed by atoms with Crippen molar-refractivity contribution in [2.75, 3.05) is 0 Å². The number of hydrogen-bond donors (Lipinski definition) is 0. The predicted octanol–water partition coefficient (Wildman–Crippen LogP) is 4.94. The standard InChI is InChI=1S/C19H15N/c1-2-4-6-8-11-17-15-19-18(12-9-13-20-19)14-16(17)10-7-5-3-1/h1-15H/b2-1?,3-1?,4-2?,5-3?,6-4-,7-5?,8-6?,10-7-,11-8-,16-10?,17-11?. The van der Waals surface area contributed by atoms with Gasteiger partial charge in [-0.05, 0) is 29.3 Å². The van der Waals surface area contributed by atoms with Gasteiger partial charge in [0.25, 0.3) is 0 Å². The molecule has 0 fully saturated rings. The Labute approximate surface area is 119 Å². The minimum Gasteiger partial charge on any atom is -0.256 e. The maximum atomic E-state index is 4.42. The van der Waals surface area contributed by atoms with Crippen LogP contribution in [0.1, 0.15) is 11.1 Å². The summed E-state index contributed by atoms with van der Waals surface area (Å²) in [4.78, 5) is 4.42. The number of fused-ring (bicyclic) bond motifs is 2. The van der Waals surface area contributed by atoms with E-state index in [0.717, 1.165) is 10.9 Å². The molecule has 20 heavy (non-hydrogen) atoms. The van der Waals surface area contributed by atoms with Crippen molar-refractivity contribution in [3.05, 3.63) is 90.2 Å². The van der Waals surface area contributed by atoms with E-state index in [1.807, 2.05) is 48.7 Å². The van der Waals surface area contributed by atoms with E-state index in [1.54, 1.807) is 0 Å². The molecule has 0 spiro atoms. The van der Waals surface area contributed by atoms with E-state index in [9.17, 15) is 0 Å². The van der Waals surface area contributed by atoms with E-state index in [1.165, 1.54) is 11.1 Å². The van der Waals surface area contributed by atoms with Gasteiger partial charge in [0, 0.05) is 11.6 Å². The Morgan fingerprint density at radius 3 is 1.95 bits per heavy atom. The van der Waals surface area contributed by atoms with Gasteiger partial charge < -0.3 is 0 Å². The molecule has 1 nitrogen and oxygen atoms in total. The first-order valence-corrected chi connectivity index (χ1v) is 6.67. The second-order valence-electron chi connectivity index (χ2n) is 4.55. The zero-order chi connectivity index (χ0) is 13.6. The molecule has 0 unspecified atom stereocenters. The van der Waals surface area contributed by atoms with E-state index in [4.69, 9.17) is 0 Å². The normalized spacial score (nSPS) is 18.8. The van der Waals surface area contributed by atoms with Crippen LogP contribution in [0.3, 0.4) is 0 Å². The Hall–Kier alpha value is -2.67. The summed E-state index contributed by atoms with van der Waals surface area (Å²) in [6, 6.07) is 8.37. The summed E-state index contributed by atoms with van der Waals surface area (Å²) < 4.78 is 0. The van der Waals surface area contributed by atoms with Crippen LogP contribution in [-0.4, -0.2) is 4.98 Å². The molecule has 0 N–H and O–H groups in total. The maximum Gasteiger partial charge on any atom is 0.0708 e. The molecule has 1 aromatic heterocycles. The molecule has 1 heteroatoms. The van der Waals surface area contributed by atoms with Gasteiger partial charge >= 0.3 is 0 Å². The molecule has 0 atom stereocenters. The van der Waals surface area contributed by atoms with Crippen LogP contribution < -0.4 is 0 Å². The van der Waals surface area contributed by atoms with Gasteiger partial charge in [0.1, 0.15) is 0 Å². The Morgan fingerprint density at radius 2 is 1.25 bits per heavy atom. The molecule has 0 saturated heterocycles. The molecule has 0 saturated carbocycles. The largest absolute Gasteiger partial charge is 0.256 e. The number of pyridine rings is 1. The third-order valence-corrected chi connectivity index (χ3v) is 3.14. The average molecular weight is 257 g/mol. The first-order valence-electron chi connectivity index (χ1n) is 6.67. The monoisotopic (exact) mass is 257 g/mol. The number of aromatic nitrogens is 1. The van der Waals surface area contributed by atoms with E-state index in [0.29, 0.717) is 0 Å². The highest BCUT2D eigenvalue weighted by molar-refractivity contribution is 5.85. The van der Waals surface area contributed by atoms with Crippen molar-refractivity contribution in [3.63, 3.8) is 0 Å². The lowest BCUT2D eigenvalue weighted by molar-refractivity contribution is 1.41. The number of nitrogens with zero attached hydrogens (tertiary/aromatic N) is 1. The predicted molar refractivity (Wildman–Crippen MR) is 87.2 cm³/mol. The second kappa shape index (κ2) is 5.98. The van der Waals surface area contributed by atoms with Crippen LogP contribution in [0.5, 0.6) is 0 Å². The number of rotatable bonds is 0. The van der Waals surface area contributed by atoms with Gasteiger partial charge in [0.2, 0.25) is 0 Å². The highest BCUT2D eigenvalue weighted by Gasteiger charge is 2.00. The van der Waals surface area contributed by atoms with Crippen LogP contribution in [0.25, 0.3) is 23.1 Å². The number of hydrogen-bond acceptors (Lipinski definition) is 1. The minimum atomic E-state index is 1.02. The van der Waals surface area contributed by atoms with Crippen LogP contribution in [0.4, 0.5) is 0 Å². The minimum absolute atomic E-state index is 1.02. The topological polar surface area (TPSA) is 12.9 Å². The van der Waals surface area contributed by atoms with Gasteiger partial charge in [-0.1, -0.05) is 66.8 Å². The quantitative estimate of drug-likeness (QED) is 0.651. The summed E-state index contributed by atoms with van der Waals surface area (Å²) in [5.41, 5.74) is 3.40. The maximum absolute atomic E-state index is 4.42. The number of allylic oxidation sites excluding steroid dienone is 8. The Morgan fingerprint density at radius 1 is 0.650 bits per heavy atom. The summed E-state index contributed by atoms with van der Waals surface area (Å²) in [7, 11) is 0. The fraction of sp³-hybridized carbons (Fsp3) is 0. The van der Waals surface area contributed by atoms with Gasteiger partial charge in [0.05, 0.1) is 5.52 Å². The fourth-order valence-electron chi connectivity index (χ4n) is 2.15. The molecule has 1 aliphatic rings. The number of benzene rings is 1. The highest BCUT2D eigenvalue weighted by Crippen LogP contribution is 2.21. The van der Waals surface area contributed by atoms with Crippen LogP contribution in [0.15, 0.2) is 79.1 Å². The first-order chi connectivity index (χ1) is 9.93. The Bertz CT molecular complexity index is 694. The molecule has 1 aliphatic carbocycles. The molecule has 0 amide bonds. The zero-order valence-electron chi connectivity index (χ0n) is 11.1. The molecular formula is C19H15N. The molecule has 0 aliphatic heterocycles. The summed E-state index contributed by atoms with van der Waals surface area (Å²) in [5, 5.41) is 1.16. The lowest BCUT2D eigenvalue weighted by Gasteiger charge is -2.04. The Balaban J connectivity index is 2.15. The molecule has 1 heterocycles. The summed E-state index contributed by atoms with van der Waals surface area (Å²) in [6.45, 7) is 0. The SMILES string of the molecule is C1=C/C=C\C=C/c2cc3ncccc3cc2/C=C\C=C1. The van der Waals surface area contributed by atoms with E-state index >= 15 is 0 Å². The third-order valence-electron chi connectivity index (χ3n) is 3.14. The summed E-state index contributed by atoms with van der Waals surface area (Å²) in [6.07, 6.45) is 22.3. The molecule has 1 aromatic carbocycles. The van der Waals surface area contributed by atoms with Crippen molar-refractivity contribution in [2.45, 2.75) is 0 Å². The third kappa shape index (κ3) is 2.83. The Kier molecular flexibility index (Phi) is 3.70. The van der Waals surface area contributed by atoms with Crippen LogP contribution >= 0.6 is 0 Å². The van der Waals surface area contributed by atoms with Crippen molar-refractivity contribution >= 4 is 23.1 Å². The molecular weight excluding hydrogens is 242 g/mol. The van der Waals surface area contributed by atoms with Gasteiger partial charge in [-0.2, -0.15) is 0 Å². The van der Waals surface area contributed by atoms with Crippen molar-refractivity contribution < 1.29 is 0 Å². The molecule has 0 bridgehead atoms. The summed E-state index contributed by atoms with van der Waals surface area (Å²) >= 11 is 0. The fourth-order valence-corrected chi connectivity index (χ4v) is 2.15. The van der Waals surface area contributed by atoms with Crippen molar-refractivity contribution in [2.24, 2.45) is 0 Å². The smallest absolute Gasteiger partial charge is 0.0708 e. The van der Waals surface area contributed by atoms with Gasteiger partial charge in [0.15, 0.2) is 0 Å². The molecule has 96 valence electrons. The van der Waals surface area contributed by atoms with Crippen molar-refractivity contribution in [1.29, 1.82) is 0 Å².